The number of aryl methyl sites for hydroxylation is 1. The number of nitrogens with one attached hydrogen (secondary N) is 1. The van der Waals surface area contributed by atoms with Crippen LogP contribution in [0, 0.1) is 6.92 Å². The summed E-state index contributed by atoms with van der Waals surface area (Å²) in [5, 5.41) is 3.12. The second-order valence-corrected chi connectivity index (χ2v) is 8.59. The molecule has 0 bridgehead atoms. The molecule has 1 unspecified atom stereocenters. The zero-order chi connectivity index (χ0) is 18.0. The van der Waals surface area contributed by atoms with Crippen LogP contribution in [-0.4, -0.2) is 38.7 Å². The van der Waals surface area contributed by atoms with Gasteiger partial charge in [-0.15, -0.1) is 0 Å². The lowest BCUT2D eigenvalue weighted by Crippen LogP contribution is -2.46. The Bertz CT molecular complexity index is 670. The summed E-state index contributed by atoms with van der Waals surface area (Å²) in [6.07, 6.45) is 0.323. The zero-order valence-electron chi connectivity index (χ0n) is 14.5. The maximum Gasteiger partial charge on any atom is 0.338 e. The van der Waals surface area contributed by atoms with Gasteiger partial charge in [-0.2, -0.15) is 8.42 Å². The number of benzene rings is 1. The van der Waals surface area contributed by atoms with E-state index in [1.54, 1.807) is 32.9 Å². The van der Waals surface area contributed by atoms with E-state index in [9.17, 15) is 13.2 Å². The van der Waals surface area contributed by atoms with Crippen molar-refractivity contribution in [1.29, 1.82) is 0 Å². The number of carbonyl (C=O) groups excluding carboxylic acids is 1. The molecule has 0 aliphatic carbocycles. The van der Waals surface area contributed by atoms with Gasteiger partial charge in [0.15, 0.2) is 6.10 Å². The largest absolute Gasteiger partial charge is 0.458 e. The van der Waals surface area contributed by atoms with Gasteiger partial charge in [0, 0.05) is 6.04 Å². The van der Waals surface area contributed by atoms with Gasteiger partial charge in [0.05, 0.1) is 4.90 Å². The third-order valence-electron chi connectivity index (χ3n) is 3.64. The van der Waals surface area contributed by atoms with Crippen molar-refractivity contribution in [2.24, 2.45) is 0 Å². The highest BCUT2D eigenvalue weighted by atomic mass is 32.2. The van der Waals surface area contributed by atoms with E-state index in [1.165, 1.54) is 12.1 Å². The fraction of sp³-hybridized carbons (Fsp3) is 0.588. The van der Waals surface area contributed by atoms with E-state index in [0.29, 0.717) is 6.42 Å². The second-order valence-electron chi connectivity index (χ2n) is 7.02. The Morgan fingerprint density at radius 3 is 2.38 bits per heavy atom. The van der Waals surface area contributed by atoms with E-state index in [0.717, 1.165) is 18.5 Å². The summed E-state index contributed by atoms with van der Waals surface area (Å²) in [7, 11) is -4.06. The molecule has 0 aromatic heterocycles. The molecule has 1 fully saturated rings. The molecular weight excluding hydrogens is 330 g/mol. The van der Waals surface area contributed by atoms with E-state index in [1.807, 2.05) is 6.92 Å². The first-order valence-electron chi connectivity index (χ1n) is 8.05. The smallest absolute Gasteiger partial charge is 0.338 e. The van der Waals surface area contributed by atoms with Gasteiger partial charge in [-0.05, 0) is 59.2 Å². The quantitative estimate of drug-likeness (QED) is 0.644. The molecule has 6 nitrogen and oxygen atoms in total. The predicted octanol–water partition coefficient (Wildman–Crippen LogP) is 2.16. The fourth-order valence-electron chi connectivity index (χ4n) is 2.50. The third-order valence-corrected chi connectivity index (χ3v) is 4.95. The van der Waals surface area contributed by atoms with Crippen LogP contribution in [0.1, 0.15) is 39.2 Å². The van der Waals surface area contributed by atoms with E-state index in [4.69, 9.17) is 8.92 Å². The first-order chi connectivity index (χ1) is 11.1. The monoisotopic (exact) mass is 355 g/mol. The van der Waals surface area contributed by atoms with Gasteiger partial charge < -0.3 is 10.1 Å². The molecule has 0 saturated carbocycles. The van der Waals surface area contributed by atoms with E-state index in [2.05, 4.69) is 5.32 Å². The molecule has 0 amide bonds. The first kappa shape index (κ1) is 18.9. The molecule has 7 heteroatoms. The summed E-state index contributed by atoms with van der Waals surface area (Å²) in [5.74, 6) is -0.669. The van der Waals surface area contributed by atoms with Crippen LogP contribution in [-0.2, 0) is 23.8 Å². The van der Waals surface area contributed by atoms with Crippen molar-refractivity contribution in [1.82, 2.24) is 5.32 Å². The summed E-state index contributed by atoms with van der Waals surface area (Å²) in [5.41, 5.74) is 0.223. The first-order valence-corrected chi connectivity index (χ1v) is 9.45. The summed E-state index contributed by atoms with van der Waals surface area (Å²) in [4.78, 5) is 12.5. The van der Waals surface area contributed by atoms with Gasteiger partial charge in [-0.3, -0.25) is 0 Å². The number of esters is 1. The Labute approximate surface area is 143 Å². The minimum atomic E-state index is -4.06. The standard InChI is InChI=1S/C17H25NO5S/c1-12-7-9-13(10-8-12)24(20,21)23-15(14-6-5-11-18-14)16(19)22-17(2,3)4/h7-10,14-15,18H,5-6,11H2,1-4H3/t14?,15-/m0/s1. The normalized spacial score (nSPS) is 19.9. The predicted molar refractivity (Wildman–Crippen MR) is 90.1 cm³/mol. The number of hydrogen-bond donors (Lipinski definition) is 1. The average Bonchev–Trinajstić information content (AvgIpc) is 2.97. The Morgan fingerprint density at radius 1 is 1.25 bits per heavy atom. The molecule has 0 radical (unpaired) electrons. The maximum atomic E-state index is 12.5. The molecule has 1 N–H and O–H groups in total. The maximum absolute atomic E-state index is 12.5. The summed E-state index contributed by atoms with van der Waals surface area (Å²) in [6, 6.07) is 5.94. The summed E-state index contributed by atoms with van der Waals surface area (Å²) >= 11 is 0. The van der Waals surface area contributed by atoms with Crippen LogP contribution in [0.3, 0.4) is 0 Å². The number of carbonyl (C=O) groups is 1. The van der Waals surface area contributed by atoms with Crippen LogP contribution in [0.25, 0.3) is 0 Å². The van der Waals surface area contributed by atoms with Crippen molar-refractivity contribution < 1.29 is 22.1 Å². The van der Waals surface area contributed by atoms with E-state index >= 15 is 0 Å². The molecule has 134 valence electrons. The SMILES string of the molecule is Cc1ccc(S(=O)(=O)O[C@H](C(=O)OC(C)(C)C)C2CCCN2)cc1. The summed E-state index contributed by atoms with van der Waals surface area (Å²) < 4.78 is 35.7. The fourth-order valence-corrected chi connectivity index (χ4v) is 3.56. The van der Waals surface area contributed by atoms with Crippen molar-refractivity contribution in [2.75, 3.05) is 6.54 Å². The number of rotatable bonds is 5. The van der Waals surface area contributed by atoms with Crippen molar-refractivity contribution in [3.8, 4) is 0 Å². The van der Waals surface area contributed by atoms with Crippen molar-refractivity contribution >= 4 is 16.1 Å². The van der Waals surface area contributed by atoms with Gasteiger partial charge in [0.1, 0.15) is 5.60 Å². The van der Waals surface area contributed by atoms with Crippen molar-refractivity contribution in [2.45, 2.75) is 63.2 Å². The van der Waals surface area contributed by atoms with Crippen LogP contribution in [0.4, 0.5) is 0 Å². The molecule has 1 aliphatic heterocycles. The molecule has 1 aliphatic rings. The van der Waals surface area contributed by atoms with Gasteiger partial charge in [-0.1, -0.05) is 17.7 Å². The van der Waals surface area contributed by atoms with Crippen LogP contribution < -0.4 is 5.32 Å². The second kappa shape index (κ2) is 7.21. The van der Waals surface area contributed by atoms with E-state index < -0.39 is 27.8 Å². The van der Waals surface area contributed by atoms with Crippen LogP contribution >= 0.6 is 0 Å². The lowest BCUT2D eigenvalue weighted by Gasteiger charge is -2.26. The molecule has 2 rings (SSSR count). The van der Waals surface area contributed by atoms with Gasteiger partial charge in [-0.25, -0.2) is 8.98 Å². The van der Waals surface area contributed by atoms with E-state index in [-0.39, 0.29) is 10.9 Å². The Kier molecular flexibility index (Phi) is 5.67. The van der Waals surface area contributed by atoms with Crippen LogP contribution in [0.2, 0.25) is 0 Å². The minimum absolute atomic E-state index is 0.0275. The third kappa shape index (κ3) is 5.03. The molecule has 2 atom stereocenters. The molecule has 1 heterocycles. The van der Waals surface area contributed by atoms with Crippen LogP contribution in [0.5, 0.6) is 0 Å². The highest BCUT2D eigenvalue weighted by Crippen LogP contribution is 2.22. The molecular formula is C17H25NO5S. The number of ether oxygens (including phenoxy) is 1. The molecule has 1 aromatic rings. The Balaban J connectivity index is 2.23. The zero-order valence-corrected chi connectivity index (χ0v) is 15.4. The van der Waals surface area contributed by atoms with Gasteiger partial charge in [0.2, 0.25) is 0 Å². The average molecular weight is 355 g/mol. The molecule has 24 heavy (non-hydrogen) atoms. The Morgan fingerprint density at radius 2 is 1.88 bits per heavy atom. The summed E-state index contributed by atoms with van der Waals surface area (Å²) in [6.45, 7) is 7.79. The lowest BCUT2D eigenvalue weighted by atomic mass is 10.1. The molecule has 1 saturated heterocycles. The molecule has 1 aromatic carbocycles. The Hall–Kier alpha value is -1.44. The van der Waals surface area contributed by atoms with Gasteiger partial charge in [0.25, 0.3) is 10.1 Å². The lowest BCUT2D eigenvalue weighted by molar-refractivity contribution is -0.164. The highest BCUT2D eigenvalue weighted by Gasteiger charge is 2.38. The van der Waals surface area contributed by atoms with Crippen molar-refractivity contribution in [3.05, 3.63) is 29.8 Å². The topological polar surface area (TPSA) is 81.7 Å². The van der Waals surface area contributed by atoms with Gasteiger partial charge >= 0.3 is 5.97 Å². The minimum Gasteiger partial charge on any atom is -0.458 e. The molecule has 0 spiro atoms. The number of hydrogen-bond acceptors (Lipinski definition) is 6. The highest BCUT2D eigenvalue weighted by molar-refractivity contribution is 7.86. The van der Waals surface area contributed by atoms with Crippen LogP contribution in [0.15, 0.2) is 29.2 Å². The van der Waals surface area contributed by atoms with Crippen molar-refractivity contribution in [3.63, 3.8) is 0 Å².